The van der Waals surface area contributed by atoms with E-state index in [0.717, 1.165) is 13.5 Å². The summed E-state index contributed by atoms with van der Waals surface area (Å²) in [5.74, 6) is 0. The normalized spacial score (nSPS) is 14.8. The fourth-order valence-electron chi connectivity index (χ4n) is 1.86. The van der Waals surface area contributed by atoms with E-state index >= 15 is 0 Å². The SMILES string of the molecule is CO.[CH-]=CCCCCCCCCC.[CH]1[CH][CH][CH][CH]1.[CH]1[CH][CH][CH][CH]1.[Zr+3]. The van der Waals surface area contributed by atoms with E-state index in [0.29, 0.717) is 0 Å². The molecule has 0 unspecified atom stereocenters. The first-order valence-electron chi connectivity index (χ1n) is 8.73. The van der Waals surface area contributed by atoms with Gasteiger partial charge in [-0.15, -0.1) is 0 Å². The number of aliphatic hydroxyl groups excluding tert-OH is 1. The Morgan fingerprint density at radius 2 is 0.917 bits per heavy atom. The summed E-state index contributed by atoms with van der Waals surface area (Å²) >= 11 is 0. The molecule has 0 atom stereocenters. The number of hydrogen-bond donors (Lipinski definition) is 1. The first-order valence-corrected chi connectivity index (χ1v) is 8.73. The van der Waals surface area contributed by atoms with Crippen molar-refractivity contribution in [3.05, 3.63) is 76.9 Å². The van der Waals surface area contributed by atoms with Crippen LogP contribution in [0.25, 0.3) is 0 Å². The molecule has 0 bridgehead atoms. The second-order valence-corrected chi connectivity index (χ2v) is 5.07. The Balaban J connectivity index is -0.000000282. The third kappa shape index (κ3) is 30.5. The molecule has 0 spiro atoms. The smallest absolute Gasteiger partial charge is 0.518 e. The van der Waals surface area contributed by atoms with Crippen LogP contribution in [0.2, 0.25) is 0 Å². The van der Waals surface area contributed by atoms with Crippen molar-refractivity contribution in [3.63, 3.8) is 0 Å². The van der Waals surface area contributed by atoms with E-state index in [4.69, 9.17) is 11.7 Å². The van der Waals surface area contributed by atoms with Gasteiger partial charge in [-0.05, 0) is 64.2 Å². The Morgan fingerprint density at radius 1 is 0.625 bits per heavy atom. The van der Waals surface area contributed by atoms with E-state index in [1.807, 2.05) is 64.2 Å². The summed E-state index contributed by atoms with van der Waals surface area (Å²) in [6.45, 7) is 7.52. The largest absolute Gasteiger partial charge is 3.00 e. The Labute approximate surface area is 173 Å². The molecule has 131 valence electrons. The molecule has 11 radical (unpaired) electrons. The molecule has 24 heavy (non-hydrogen) atoms. The average Bonchev–Trinajstić information content (AvgIpc) is 3.34. The van der Waals surface area contributed by atoms with Gasteiger partial charge in [0, 0.05) is 7.11 Å². The van der Waals surface area contributed by atoms with Crippen LogP contribution in [0, 0.1) is 70.8 Å². The van der Waals surface area contributed by atoms with Crippen LogP contribution in [0.15, 0.2) is 6.08 Å². The van der Waals surface area contributed by atoms with Crippen molar-refractivity contribution in [1.82, 2.24) is 0 Å². The van der Waals surface area contributed by atoms with Crippen LogP contribution in [0.5, 0.6) is 0 Å². The summed E-state index contributed by atoms with van der Waals surface area (Å²) in [6.07, 6.45) is 32.5. The van der Waals surface area contributed by atoms with Crippen LogP contribution >= 0.6 is 0 Å². The minimum absolute atomic E-state index is 0. The second-order valence-electron chi connectivity index (χ2n) is 5.07. The van der Waals surface area contributed by atoms with Gasteiger partial charge in [0.05, 0.1) is 0 Å². The maximum atomic E-state index is 7.00. The zero-order valence-electron chi connectivity index (χ0n) is 15.5. The van der Waals surface area contributed by atoms with Crippen LogP contribution in [0.4, 0.5) is 0 Å². The molecule has 2 aliphatic carbocycles. The third-order valence-corrected chi connectivity index (χ3v) is 3.09. The van der Waals surface area contributed by atoms with E-state index < -0.39 is 0 Å². The predicted molar refractivity (Wildman–Crippen MR) is 103 cm³/mol. The number of aliphatic hydroxyl groups is 1. The van der Waals surface area contributed by atoms with Crippen molar-refractivity contribution < 1.29 is 31.3 Å². The molecular weight excluding hydrogens is 371 g/mol. The van der Waals surface area contributed by atoms with Gasteiger partial charge in [-0.2, -0.15) is 0 Å². The molecule has 1 N–H and O–H groups in total. The molecule has 2 fully saturated rings. The minimum Gasteiger partial charge on any atom is -0.518 e. The minimum atomic E-state index is 0. The van der Waals surface area contributed by atoms with Crippen molar-refractivity contribution in [2.75, 3.05) is 7.11 Å². The average molecular weight is 407 g/mol. The molecular formula is C22H35OZr+2. The number of allylic oxidation sites excluding steroid dienone is 1. The van der Waals surface area contributed by atoms with Crippen molar-refractivity contribution in [1.29, 1.82) is 0 Å². The fraction of sp³-hybridized carbons (Fsp3) is 0.455. The molecule has 0 heterocycles. The zero-order valence-corrected chi connectivity index (χ0v) is 18.0. The van der Waals surface area contributed by atoms with Crippen molar-refractivity contribution in [2.24, 2.45) is 0 Å². The van der Waals surface area contributed by atoms with Gasteiger partial charge in [-0.25, -0.2) is 0 Å². The van der Waals surface area contributed by atoms with E-state index in [1.54, 1.807) is 6.08 Å². The summed E-state index contributed by atoms with van der Waals surface area (Å²) in [6, 6.07) is 0. The van der Waals surface area contributed by atoms with Crippen LogP contribution < -0.4 is 0 Å². The molecule has 2 aliphatic rings. The Hall–Kier alpha value is 0.583. The Morgan fingerprint density at radius 3 is 1.21 bits per heavy atom. The van der Waals surface area contributed by atoms with Gasteiger partial charge in [-0.1, -0.05) is 58.3 Å². The van der Waals surface area contributed by atoms with Crippen LogP contribution in [-0.4, -0.2) is 12.2 Å². The monoisotopic (exact) mass is 405 g/mol. The van der Waals surface area contributed by atoms with Crippen molar-refractivity contribution >= 4 is 0 Å². The maximum Gasteiger partial charge on any atom is 3.00 e. The maximum absolute atomic E-state index is 7.00. The molecule has 0 aliphatic heterocycles. The van der Waals surface area contributed by atoms with Gasteiger partial charge in [0.2, 0.25) is 0 Å². The van der Waals surface area contributed by atoms with Gasteiger partial charge >= 0.3 is 26.2 Å². The molecule has 0 amide bonds. The van der Waals surface area contributed by atoms with Crippen molar-refractivity contribution in [3.8, 4) is 0 Å². The molecule has 2 rings (SSSR count). The van der Waals surface area contributed by atoms with Gasteiger partial charge in [0.1, 0.15) is 0 Å². The van der Waals surface area contributed by atoms with Gasteiger partial charge in [0.15, 0.2) is 0 Å². The van der Waals surface area contributed by atoms with Crippen LogP contribution in [-0.2, 0) is 26.2 Å². The summed E-state index contributed by atoms with van der Waals surface area (Å²) in [4.78, 5) is 0. The first-order chi connectivity index (χ1) is 11.4. The van der Waals surface area contributed by atoms with E-state index in [9.17, 15) is 0 Å². The van der Waals surface area contributed by atoms with Gasteiger partial charge in [0.25, 0.3) is 0 Å². The molecule has 1 nitrogen and oxygen atoms in total. The number of rotatable bonds is 8. The molecule has 2 heteroatoms. The molecule has 0 saturated heterocycles. The summed E-state index contributed by atoms with van der Waals surface area (Å²) in [5, 5.41) is 7.00. The topological polar surface area (TPSA) is 20.2 Å². The van der Waals surface area contributed by atoms with Crippen LogP contribution in [0.1, 0.15) is 58.3 Å². The third-order valence-electron chi connectivity index (χ3n) is 3.09. The summed E-state index contributed by atoms with van der Waals surface area (Å²) in [7, 11) is 1.00. The standard InChI is InChI=1S/C11H21.2C5H5.CH4O.Zr/c1-3-5-7-9-11-10-8-6-4-2;2*1-2-4-5-3-1;1-2;/h1,3H,4-11H2,2H3;2*1-5H;2H,1H3;/q-1;;;;+3. The predicted octanol–water partition coefficient (Wildman–Crippen LogP) is 5.77. The molecule has 0 aromatic carbocycles. The number of hydrogen-bond acceptors (Lipinski definition) is 1. The second kappa shape index (κ2) is 31.4. The van der Waals surface area contributed by atoms with E-state index in [2.05, 4.69) is 6.92 Å². The number of unbranched alkanes of at least 4 members (excludes halogenated alkanes) is 7. The van der Waals surface area contributed by atoms with Crippen molar-refractivity contribution in [2.45, 2.75) is 58.3 Å². The Bertz CT molecular complexity index is 161. The summed E-state index contributed by atoms with van der Waals surface area (Å²) in [5.41, 5.74) is 0. The van der Waals surface area contributed by atoms with E-state index in [1.165, 1.54) is 44.9 Å². The van der Waals surface area contributed by atoms with Crippen LogP contribution in [0.3, 0.4) is 0 Å². The molecule has 2 saturated carbocycles. The Kier molecular flexibility index (Phi) is 38.4. The van der Waals surface area contributed by atoms with Gasteiger partial charge < -0.3 is 11.7 Å². The van der Waals surface area contributed by atoms with E-state index in [-0.39, 0.29) is 26.2 Å². The fourth-order valence-corrected chi connectivity index (χ4v) is 1.86. The quantitative estimate of drug-likeness (QED) is 0.401. The first kappa shape index (κ1) is 29.4. The summed E-state index contributed by atoms with van der Waals surface area (Å²) < 4.78 is 0. The zero-order chi connectivity index (χ0) is 17.4. The van der Waals surface area contributed by atoms with Gasteiger partial charge in [-0.3, -0.25) is 6.08 Å². The molecule has 0 aromatic rings. The molecule has 0 aromatic heterocycles.